The SMILES string of the molecule is Cc1cc(Cl)c(C(=O)N(C)c2cccc(C#N)c2)cn1. The third-order valence-corrected chi connectivity index (χ3v) is 3.20. The predicted molar refractivity (Wildman–Crippen MR) is 77.9 cm³/mol. The van der Waals surface area contributed by atoms with Crippen LogP contribution in [0, 0.1) is 18.3 Å². The van der Waals surface area contributed by atoms with Crippen molar-refractivity contribution in [2.75, 3.05) is 11.9 Å². The van der Waals surface area contributed by atoms with Crippen LogP contribution in [-0.2, 0) is 0 Å². The number of halogens is 1. The summed E-state index contributed by atoms with van der Waals surface area (Å²) in [7, 11) is 1.63. The number of nitriles is 1. The molecule has 100 valence electrons. The Morgan fingerprint density at radius 1 is 1.40 bits per heavy atom. The van der Waals surface area contributed by atoms with Gasteiger partial charge in [-0.1, -0.05) is 17.7 Å². The Balaban J connectivity index is 2.35. The first-order chi connectivity index (χ1) is 9.52. The number of nitrogens with zero attached hydrogens (tertiary/aromatic N) is 3. The number of anilines is 1. The molecule has 0 saturated heterocycles. The van der Waals surface area contributed by atoms with Crippen LogP contribution in [-0.4, -0.2) is 17.9 Å². The van der Waals surface area contributed by atoms with Gasteiger partial charge in [-0.05, 0) is 31.2 Å². The molecule has 1 aromatic carbocycles. The smallest absolute Gasteiger partial charge is 0.261 e. The Morgan fingerprint density at radius 3 is 2.80 bits per heavy atom. The fourth-order valence-electron chi connectivity index (χ4n) is 1.77. The number of aryl methyl sites for hydroxylation is 1. The number of amides is 1. The number of carbonyl (C=O) groups excluding carboxylic acids is 1. The van der Waals surface area contributed by atoms with E-state index in [0.717, 1.165) is 5.69 Å². The zero-order valence-electron chi connectivity index (χ0n) is 11.1. The van der Waals surface area contributed by atoms with Crippen LogP contribution in [0.4, 0.5) is 5.69 Å². The molecule has 1 heterocycles. The van der Waals surface area contributed by atoms with Crippen LogP contribution in [0.5, 0.6) is 0 Å². The first kappa shape index (κ1) is 14.0. The second kappa shape index (κ2) is 5.72. The summed E-state index contributed by atoms with van der Waals surface area (Å²) in [6.07, 6.45) is 1.46. The van der Waals surface area contributed by atoms with E-state index in [0.29, 0.717) is 21.8 Å². The molecule has 0 spiro atoms. The summed E-state index contributed by atoms with van der Waals surface area (Å²) in [5.41, 5.74) is 2.21. The van der Waals surface area contributed by atoms with Gasteiger partial charge in [-0.3, -0.25) is 9.78 Å². The van der Waals surface area contributed by atoms with Crippen molar-refractivity contribution in [3.05, 3.63) is 58.4 Å². The van der Waals surface area contributed by atoms with Crippen molar-refractivity contribution in [2.45, 2.75) is 6.92 Å². The van der Waals surface area contributed by atoms with Crippen LogP contribution in [0.25, 0.3) is 0 Å². The topological polar surface area (TPSA) is 57.0 Å². The molecule has 1 aromatic heterocycles. The summed E-state index contributed by atoms with van der Waals surface area (Å²) in [5.74, 6) is -0.266. The largest absolute Gasteiger partial charge is 0.311 e. The lowest BCUT2D eigenvalue weighted by molar-refractivity contribution is 0.0993. The van der Waals surface area contributed by atoms with Crippen molar-refractivity contribution in [3.63, 3.8) is 0 Å². The Labute approximate surface area is 122 Å². The molecule has 0 atom stereocenters. The molecular formula is C15H12ClN3O. The molecule has 2 aromatic rings. The van der Waals surface area contributed by atoms with E-state index in [2.05, 4.69) is 4.98 Å². The standard InChI is InChI=1S/C15H12ClN3O/c1-10-6-14(16)13(9-18-10)15(20)19(2)12-5-3-4-11(7-12)8-17/h3-7,9H,1-2H3. The molecule has 0 fully saturated rings. The molecule has 0 aliphatic carbocycles. The van der Waals surface area contributed by atoms with Crippen LogP contribution in [0.15, 0.2) is 36.5 Å². The highest BCUT2D eigenvalue weighted by Crippen LogP contribution is 2.21. The zero-order chi connectivity index (χ0) is 14.7. The Kier molecular flexibility index (Phi) is 4.02. The molecule has 0 unspecified atom stereocenters. The van der Waals surface area contributed by atoms with Crippen LogP contribution in [0.1, 0.15) is 21.6 Å². The number of rotatable bonds is 2. The molecule has 0 bridgehead atoms. The summed E-state index contributed by atoms with van der Waals surface area (Å²) in [6, 6.07) is 10.5. The second-order valence-corrected chi connectivity index (χ2v) is 4.74. The van der Waals surface area contributed by atoms with Crippen molar-refractivity contribution in [2.24, 2.45) is 0 Å². The molecular weight excluding hydrogens is 274 g/mol. The van der Waals surface area contributed by atoms with E-state index in [1.807, 2.05) is 6.07 Å². The molecule has 0 radical (unpaired) electrons. The highest BCUT2D eigenvalue weighted by molar-refractivity contribution is 6.34. The van der Waals surface area contributed by atoms with Gasteiger partial charge < -0.3 is 4.90 Å². The minimum atomic E-state index is -0.266. The number of benzene rings is 1. The molecule has 5 heteroatoms. The Bertz CT molecular complexity index is 707. The summed E-state index contributed by atoms with van der Waals surface area (Å²) >= 11 is 6.07. The second-order valence-electron chi connectivity index (χ2n) is 4.33. The molecule has 0 aliphatic heterocycles. The molecule has 0 aliphatic rings. The third kappa shape index (κ3) is 2.79. The van der Waals surface area contributed by atoms with Crippen molar-refractivity contribution in [3.8, 4) is 6.07 Å². The van der Waals surface area contributed by atoms with Crippen molar-refractivity contribution in [1.29, 1.82) is 5.26 Å². The average molecular weight is 286 g/mol. The van der Waals surface area contributed by atoms with Gasteiger partial charge in [0.05, 0.1) is 22.2 Å². The Morgan fingerprint density at radius 2 is 2.15 bits per heavy atom. The first-order valence-corrected chi connectivity index (χ1v) is 6.31. The maximum absolute atomic E-state index is 12.4. The lowest BCUT2D eigenvalue weighted by Gasteiger charge is -2.18. The Hall–Kier alpha value is -2.38. The molecule has 0 saturated carbocycles. The van der Waals surface area contributed by atoms with Gasteiger partial charge in [0.2, 0.25) is 0 Å². The molecule has 4 nitrogen and oxygen atoms in total. The van der Waals surface area contributed by atoms with Crippen LogP contribution in [0.3, 0.4) is 0 Å². The van der Waals surface area contributed by atoms with Crippen molar-refractivity contribution < 1.29 is 4.79 Å². The van der Waals surface area contributed by atoms with Crippen molar-refractivity contribution >= 4 is 23.2 Å². The first-order valence-electron chi connectivity index (χ1n) is 5.93. The predicted octanol–water partition coefficient (Wildman–Crippen LogP) is 3.19. The number of pyridine rings is 1. The van der Waals surface area contributed by atoms with Crippen LogP contribution in [0.2, 0.25) is 5.02 Å². The van der Waals surface area contributed by atoms with Gasteiger partial charge in [0, 0.05) is 24.6 Å². The van der Waals surface area contributed by atoms with E-state index in [1.54, 1.807) is 44.3 Å². The van der Waals surface area contributed by atoms with Gasteiger partial charge in [0.15, 0.2) is 0 Å². The van der Waals surface area contributed by atoms with E-state index in [4.69, 9.17) is 16.9 Å². The molecule has 0 N–H and O–H groups in total. The number of hydrogen-bond acceptors (Lipinski definition) is 3. The number of carbonyl (C=O) groups is 1. The lowest BCUT2D eigenvalue weighted by Crippen LogP contribution is -2.26. The average Bonchev–Trinajstić information content (AvgIpc) is 2.46. The van der Waals surface area contributed by atoms with Crippen LogP contribution >= 0.6 is 11.6 Å². The maximum atomic E-state index is 12.4. The monoisotopic (exact) mass is 285 g/mol. The zero-order valence-corrected chi connectivity index (χ0v) is 11.8. The summed E-state index contributed by atoms with van der Waals surface area (Å²) in [4.78, 5) is 17.9. The fourth-order valence-corrected chi connectivity index (χ4v) is 2.05. The van der Waals surface area contributed by atoms with Gasteiger partial charge >= 0.3 is 0 Å². The van der Waals surface area contributed by atoms with Gasteiger partial charge in [-0.15, -0.1) is 0 Å². The normalized spacial score (nSPS) is 9.90. The van der Waals surface area contributed by atoms with E-state index < -0.39 is 0 Å². The highest BCUT2D eigenvalue weighted by Gasteiger charge is 2.17. The molecule has 1 amide bonds. The van der Waals surface area contributed by atoms with Crippen molar-refractivity contribution in [1.82, 2.24) is 4.98 Å². The molecule has 20 heavy (non-hydrogen) atoms. The van der Waals surface area contributed by atoms with Gasteiger partial charge in [0.25, 0.3) is 5.91 Å². The molecule has 2 rings (SSSR count). The minimum Gasteiger partial charge on any atom is -0.311 e. The third-order valence-electron chi connectivity index (χ3n) is 2.89. The number of aromatic nitrogens is 1. The van der Waals surface area contributed by atoms with Crippen LogP contribution < -0.4 is 4.90 Å². The van der Waals surface area contributed by atoms with E-state index in [9.17, 15) is 4.79 Å². The quantitative estimate of drug-likeness (QED) is 0.851. The maximum Gasteiger partial charge on any atom is 0.261 e. The van der Waals surface area contributed by atoms with E-state index in [1.165, 1.54) is 11.1 Å². The summed E-state index contributed by atoms with van der Waals surface area (Å²) in [5, 5.41) is 9.26. The minimum absolute atomic E-state index is 0.266. The van der Waals surface area contributed by atoms with E-state index in [-0.39, 0.29) is 5.91 Å². The van der Waals surface area contributed by atoms with Gasteiger partial charge in [-0.2, -0.15) is 5.26 Å². The lowest BCUT2D eigenvalue weighted by atomic mass is 10.2. The fraction of sp³-hybridized carbons (Fsp3) is 0.133. The van der Waals surface area contributed by atoms with E-state index >= 15 is 0 Å². The summed E-state index contributed by atoms with van der Waals surface area (Å²) < 4.78 is 0. The number of hydrogen-bond donors (Lipinski definition) is 0. The van der Waals surface area contributed by atoms with Gasteiger partial charge in [0.1, 0.15) is 0 Å². The highest BCUT2D eigenvalue weighted by atomic mass is 35.5. The van der Waals surface area contributed by atoms with Gasteiger partial charge in [-0.25, -0.2) is 0 Å². The summed E-state index contributed by atoms with van der Waals surface area (Å²) in [6.45, 7) is 1.81.